The van der Waals surface area contributed by atoms with Gasteiger partial charge in [-0.3, -0.25) is 19.2 Å². The number of hydrogen-bond acceptors (Lipinski definition) is 5. The number of benzene rings is 1. The summed E-state index contributed by atoms with van der Waals surface area (Å²) in [4.78, 5) is 50.4. The van der Waals surface area contributed by atoms with E-state index in [0.717, 1.165) is 0 Å². The van der Waals surface area contributed by atoms with Crippen LogP contribution in [0.5, 0.6) is 5.75 Å². The normalized spacial score (nSPS) is 18.8. The maximum atomic E-state index is 12.6. The van der Waals surface area contributed by atoms with Crippen LogP contribution in [0.2, 0.25) is 0 Å². The summed E-state index contributed by atoms with van der Waals surface area (Å²) in [5, 5.41) is 11.8. The Morgan fingerprint density at radius 1 is 1.37 bits per heavy atom. The molecule has 2 heterocycles. The van der Waals surface area contributed by atoms with Gasteiger partial charge in [0.1, 0.15) is 5.75 Å². The van der Waals surface area contributed by atoms with Gasteiger partial charge in [-0.1, -0.05) is 0 Å². The third-order valence-corrected chi connectivity index (χ3v) is 4.70. The molecule has 1 aromatic rings. The maximum absolute atomic E-state index is 12.6. The fourth-order valence-corrected chi connectivity index (χ4v) is 3.22. The Kier molecular flexibility index (Phi) is 5.29. The zero-order valence-corrected chi connectivity index (χ0v) is 14.9. The molecule has 0 spiro atoms. The molecule has 9 heteroatoms. The van der Waals surface area contributed by atoms with Gasteiger partial charge in [-0.05, 0) is 31.0 Å². The molecule has 0 saturated carbocycles. The van der Waals surface area contributed by atoms with Gasteiger partial charge in [0.25, 0.3) is 11.8 Å². The Morgan fingerprint density at radius 3 is 2.89 bits per heavy atom. The minimum atomic E-state index is -0.907. The number of piperidine rings is 1. The standard InChI is InChI=1S/C18H21N3O6/c1-20(9-16(23)21-6-2-3-12(8-21)18(25)26)17(24)11-4-5-14-13(7-11)19-15(22)10-27-14/h4-5,7,12H,2-3,6,8-10H2,1H3,(H,19,22)(H,25,26). The number of hydrogen-bond donors (Lipinski definition) is 2. The molecule has 3 rings (SSSR count). The number of nitrogens with zero attached hydrogens (tertiary/aromatic N) is 2. The second-order valence-corrected chi connectivity index (χ2v) is 6.73. The third kappa shape index (κ3) is 4.18. The van der Waals surface area contributed by atoms with Crippen molar-refractivity contribution >= 4 is 29.4 Å². The average molecular weight is 375 g/mol. The van der Waals surface area contributed by atoms with Crippen molar-refractivity contribution in [2.24, 2.45) is 5.92 Å². The Hall–Kier alpha value is -3.10. The van der Waals surface area contributed by atoms with E-state index in [-0.39, 0.29) is 37.4 Å². The van der Waals surface area contributed by atoms with Gasteiger partial charge in [0.2, 0.25) is 5.91 Å². The van der Waals surface area contributed by atoms with E-state index in [1.807, 2.05) is 0 Å². The number of carboxylic acid groups (broad SMARTS) is 1. The SMILES string of the molecule is CN(CC(=O)N1CCCC(C(=O)O)C1)C(=O)c1ccc2c(c1)NC(=O)CO2. The number of carboxylic acids is 1. The van der Waals surface area contributed by atoms with E-state index in [2.05, 4.69) is 5.32 Å². The first-order chi connectivity index (χ1) is 12.8. The molecular formula is C18H21N3O6. The lowest BCUT2D eigenvalue weighted by Gasteiger charge is -2.32. The van der Waals surface area contributed by atoms with Crippen LogP contribution in [0.4, 0.5) is 5.69 Å². The number of likely N-dealkylation sites (N-methyl/N-ethyl adjacent to an activating group) is 1. The van der Waals surface area contributed by atoms with Crippen molar-refractivity contribution in [1.29, 1.82) is 0 Å². The van der Waals surface area contributed by atoms with Crippen molar-refractivity contribution in [2.75, 3.05) is 38.6 Å². The molecule has 3 amide bonds. The molecule has 1 saturated heterocycles. The van der Waals surface area contributed by atoms with Gasteiger partial charge in [0.05, 0.1) is 18.2 Å². The van der Waals surface area contributed by atoms with E-state index in [1.165, 1.54) is 22.9 Å². The molecule has 0 aliphatic carbocycles. The molecule has 2 aliphatic rings. The van der Waals surface area contributed by atoms with Crippen LogP contribution in [-0.4, -0.2) is 71.9 Å². The minimum absolute atomic E-state index is 0.0676. The zero-order valence-electron chi connectivity index (χ0n) is 14.9. The van der Waals surface area contributed by atoms with Crippen LogP contribution >= 0.6 is 0 Å². The van der Waals surface area contributed by atoms with E-state index in [4.69, 9.17) is 9.84 Å². The molecule has 2 N–H and O–H groups in total. The number of ether oxygens (including phenoxy) is 1. The van der Waals surface area contributed by atoms with E-state index >= 15 is 0 Å². The van der Waals surface area contributed by atoms with Gasteiger partial charge in [0, 0.05) is 25.7 Å². The van der Waals surface area contributed by atoms with E-state index in [1.54, 1.807) is 12.1 Å². The number of fused-ring (bicyclic) bond motifs is 1. The van der Waals surface area contributed by atoms with Crippen molar-refractivity contribution in [3.63, 3.8) is 0 Å². The summed E-state index contributed by atoms with van der Waals surface area (Å²) >= 11 is 0. The Balaban J connectivity index is 1.64. The van der Waals surface area contributed by atoms with E-state index in [9.17, 15) is 19.2 Å². The van der Waals surface area contributed by atoms with Crippen LogP contribution in [0.25, 0.3) is 0 Å². The van der Waals surface area contributed by atoms with Crippen LogP contribution in [0.15, 0.2) is 18.2 Å². The molecule has 0 bridgehead atoms. The monoisotopic (exact) mass is 375 g/mol. The summed E-state index contributed by atoms with van der Waals surface area (Å²) in [6.45, 7) is 0.443. The van der Waals surface area contributed by atoms with Crippen molar-refractivity contribution in [1.82, 2.24) is 9.80 Å². The highest BCUT2D eigenvalue weighted by molar-refractivity contribution is 6.00. The summed E-state index contributed by atoms with van der Waals surface area (Å²) in [5.41, 5.74) is 0.731. The summed E-state index contributed by atoms with van der Waals surface area (Å²) in [7, 11) is 1.51. The number of rotatable bonds is 4. The van der Waals surface area contributed by atoms with Gasteiger partial charge in [-0.15, -0.1) is 0 Å². The van der Waals surface area contributed by atoms with Crippen LogP contribution in [-0.2, 0) is 14.4 Å². The Morgan fingerprint density at radius 2 is 2.15 bits per heavy atom. The third-order valence-electron chi connectivity index (χ3n) is 4.70. The summed E-state index contributed by atoms with van der Waals surface area (Å²) < 4.78 is 5.26. The van der Waals surface area contributed by atoms with Crippen molar-refractivity contribution < 1.29 is 29.0 Å². The number of carbonyl (C=O) groups is 4. The van der Waals surface area contributed by atoms with Gasteiger partial charge in [-0.25, -0.2) is 0 Å². The van der Waals surface area contributed by atoms with Crippen molar-refractivity contribution in [2.45, 2.75) is 12.8 Å². The van der Waals surface area contributed by atoms with Gasteiger partial charge in [-0.2, -0.15) is 0 Å². The fraction of sp³-hybridized carbons (Fsp3) is 0.444. The second-order valence-electron chi connectivity index (χ2n) is 6.73. The molecule has 1 atom stereocenters. The van der Waals surface area contributed by atoms with Gasteiger partial charge < -0.3 is 25.0 Å². The predicted molar refractivity (Wildman–Crippen MR) is 94.5 cm³/mol. The molecule has 27 heavy (non-hydrogen) atoms. The van der Waals surface area contributed by atoms with Crippen LogP contribution in [0.1, 0.15) is 23.2 Å². The predicted octanol–water partition coefficient (Wildman–Crippen LogP) is 0.413. The lowest BCUT2D eigenvalue weighted by atomic mass is 9.98. The lowest BCUT2D eigenvalue weighted by molar-refractivity contribution is -0.145. The summed E-state index contributed by atoms with van der Waals surface area (Å²) in [6, 6.07) is 4.68. The lowest BCUT2D eigenvalue weighted by Crippen LogP contribution is -2.46. The minimum Gasteiger partial charge on any atom is -0.482 e. The maximum Gasteiger partial charge on any atom is 0.308 e. The molecule has 9 nitrogen and oxygen atoms in total. The Labute approximate surface area is 155 Å². The highest BCUT2D eigenvalue weighted by Crippen LogP contribution is 2.28. The molecule has 1 unspecified atom stereocenters. The number of nitrogens with one attached hydrogen (secondary N) is 1. The summed E-state index contributed by atoms with van der Waals surface area (Å²) in [5.74, 6) is -1.95. The molecule has 0 aromatic heterocycles. The topological polar surface area (TPSA) is 116 Å². The molecule has 0 radical (unpaired) electrons. The molecule has 1 aromatic carbocycles. The first-order valence-electron chi connectivity index (χ1n) is 8.68. The van der Waals surface area contributed by atoms with Crippen LogP contribution in [0.3, 0.4) is 0 Å². The highest BCUT2D eigenvalue weighted by atomic mass is 16.5. The molecular weight excluding hydrogens is 354 g/mol. The number of aliphatic carboxylic acids is 1. The number of likely N-dealkylation sites (tertiary alicyclic amines) is 1. The number of amides is 3. The first kappa shape index (κ1) is 18.7. The smallest absolute Gasteiger partial charge is 0.308 e. The van der Waals surface area contributed by atoms with E-state index in [0.29, 0.717) is 36.4 Å². The van der Waals surface area contributed by atoms with Crippen LogP contribution in [0, 0.1) is 5.92 Å². The van der Waals surface area contributed by atoms with Crippen LogP contribution < -0.4 is 10.1 Å². The first-order valence-corrected chi connectivity index (χ1v) is 8.68. The Bertz CT molecular complexity index is 793. The summed E-state index contributed by atoms with van der Waals surface area (Å²) in [6.07, 6.45) is 1.18. The fourth-order valence-electron chi connectivity index (χ4n) is 3.22. The molecule has 2 aliphatic heterocycles. The number of anilines is 1. The van der Waals surface area contributed by atoms with Crippen molar-refractivity contribution in [3.8, 4) is 5.75 Å². The number of carbonyl (C=O) groups excluding carboxylic acids is 3. The van der Waals surface area contributed by atoms with Gasteiger partial charge in [0.15, 0.2) is 6.61 Å². The average Bonchev–Trinajstić information content (AvgIpc) is 2.66. The molecule has 1 fully saturated rings. The second kappa shape index (κ2) is 7.65. The molecule has 144 valence electrons. The zero-order chi connectivity index (χ0) is 19.6. The highest BCUT2D eigenvalue weighted by Gasteiger charge is 2.29. The van der Waals surface area contributed by atoms with Crippen molar-refractivity contribution in [3.05, 3.63) is 23.8 Å². The van der Waals surface area contributed by atoms with Gasteiger partial charge >= 0.3 is 5.97 Å². The quantitative estimate of drug-likeness (QED) is 0.788. The largest absolute Gasteiger partial charge is 0.482 e. The van der Waals surface area contributed by atoms with E-state index < -0.39 is 11.9 Å².